The number of unbranched alkanes of at least 4 members (excludes halogenated alkanes) is 23. The van der Waals surface area contributed by atoms with Gasteiger partial charge in [0.2, 0.25) is 5.91 Å². The minimum absolute atomic E-state index is 0. The van der Waals surface area contributed by atoms with Crippen LogP contribution in [0.15, 0.2) is 0 Å². The van der Waals surface area contributed by atoms with E-state index in [4.69, 9.17) is 11.5 Å². The number of carbonyl (C=O) groups is 2. The molecule has 0 saturated carbocycles. The predicted molar refractivity (Wildman–Crippen MR) is 185 cm³/mol. The van der Waals surface area contributed by atoms with Crippen molar-refractivity contribution in [1.29, 1.82) is 0 Å². The van der Waals surface area contributed by atoms with Crippen molar-refractivity contribution in [2.24, 2.45) is 11.5 Å². The molecule has 0 aliphatic rings. The quantitative estimate of drug-likeness (QED) is 0.0655. The van der Waals surface area contributed by atoms with Gasteiger partial charge in [0, 0.05) is 13.1 Å². The standard InChI is InChI=1S/C35H72N4O2.ClH/c1-3-5-7-9-11-13-15-16-17-18-20-22-24-28-32-39(35(37)41)33(29-25-26-30-36)34(40)38-31-27-23-21-19-14-12-10-8-6-4-2;/h33H,3-32,36H2,1-2H3,(H2,37,41)(H,38,40);1H/t33-;/m0./s1. The lowest BCUT2D eigenvalue weighted by Crippen LogP contribution is -2.52. The molecule has 0 unspecified atom stereocenters. The molecule has 42 heavy (non-hydrogen) atoms. The molecule has 0 bridgehead atoms. The summed E-state index contributed by atoms with van der Waals surface area (Å²) in [7, 11) is 0. The molecule has 0 heterocycles. The Morgan fingerprint density at radius 3 is 1.33 bits per heavy atom. The third-order valence-electron chi connectivity index (χ3n) is 8.48. The van der Waals surface area contributed by atoms with E-state index in [9.17, 15) is 9.59 Å². The molecule has 0 aliphatic carbocycles. The highest BCUT2D eigenvalue weighted by atomic mass is 35.5. The Balaban J connectivity index is 0. The van der Waals surface area contributed by atoms with Gasteiger partial charge in [0.25, 0.3) is 0 Å². The lowest BCUT2D eigenvalue weighted by molar-refractivity contribution is -0.125. The van der Waals surface area contributed by atoms with Gasteiger partial charge in [0.15, 0.2) is 0 Å². The Morgan fingerprint density at radius 2 is 0.952 bits per heavy atom. The molecule has 0 aromatic heterocycles. The normalized spacial score (nSPS) is 11.7. The highest BCUT2D eigenvalue weighted by molar-refractivity contribution is 5.86. The van der Waals surface area contributed by atoms with Gasteiger partial charge in [-0.2, -0.15) is 0 Å². The van der Waals surface area contributed by atoms with Crippen LogP contribution in [0.25, 0.3) is 0 Å². The highest BCUT2D eigenvalue weighted by Gasteiger charge is 2.27. The summed E-state index contributed by atoms with van der Waals surface area (Å²) in [6, 6.07) is -0.962. The first-order chi connectivity index (χ1) is 20.1. The molecule has 5 N–H and O–H groups in total. The van der Waals surface area contributed by atoms with Crippen LogP contribution in [0.2, 0.25) is 0 Å². The van der Waals surface area contributed by atoms with Crippen molar-refractivity contribution in [3.05, 3.63) is 0 Å². The summed E-state index contributed by atoms with van der Waals surface area (Å²) >= 11 is 0. The van der Waals surface area contributed by atoms with Crippen LogP contribution in [0.5, 0.6) is 0 Å². The molecule has 7 heteroatoms. The van der Waals surface area contributed by atoms with Crippen molar-refractivity contribution < 1.29 is 9.59 Å². The number of nitrogens with zero attached hydrogens (tertiary/aromatic N) is 1. The van der Waals surface area contributed by atoms with Crippen LogP contribution in [0.4, 0.5) is 4.79 Å². The summed E-state index contributed by atoms with van der Waals surface area (Å²) in [5, 5.41) is 3.10. The third kappa shape index (κ3) is 27.8. The van der Waals surface area contributed by atoms with Crippen LogP contribution >= 0.6 is 12.4 Å². The van der Waals surface area contributed by atoms with Crippen molar-refractivity contribution in [3.8, 4) is 0 Å². The molecule has 0 spiro atoms. The van der Waals surface area contributed by atoms with E-state index >= 15 is 0 Å². The van der Waals surface area contributed by atoms with Crippen LogP contribution < -0.4 is 16.8 Å². The fourth-order valence-electron chi connectivity index (χ4n) is 5.75. The average Bonchev–Trinajstić information content (AvgIpc) is 2.96. The topological polar surface area (TPSA) is 101 Å². The molecule has 1 atom stereocenters. The van der Waals surface area contributed by atoms with Gasteiger partial charge in [0.05, 0.1) is 0 Å². The maximum Gasteiger partial charge on any atom is 0.315 e. The van der Waals surface area contributed by atoms with Gasteiger partial charge in [0.1, 0.15) is 6.04 Å². The maximum absolute atomic E-state index is 13.1. The SMILES string of the molecule is CCCCCCCCCCCCCCCCN(C(N)=O)[C@@H](CCCCN)C(=O)NCCCCCCCCCCCC.Cl. The van der Waals surface area contributed by atoms with E-state index in [-0.39, 0.29) is 18.3 Å². The Hall–Kier alpha value is -1.01. The molecular formula is C35H73ClN4O2. The maximum atomic E-state index is 13.1. The fourth-order valence-corrected chi connectivity index (χ4v) is 5.75. The smallest absolute Gasteiger partial charge is 0.315 e. The van der Waals surface area contributed by atoms with Crippen LogP contribution in [0, 0.1) is 0 Å². The predicted octanol–water partition coefficient (Wildman–Crippen LogP) is 9.80. The number of carbonyl (C=O) groups excluding carboxylic acids is 2. The van der Waals surface area contributed by atoms with Gasteiger partial charge in [-0.15, -0.1) is 12.4 Å². The molecule has 252 valence electrons. The Morgan fingerprint density at radius 1 is 0.571 bits per heavy atom. The molecule has 0 saturated heterocycles. The van der Waals surface area contributed by atoms with Crippen molar-refractivity contribution in [3.63, 3.8) is 0 Å². The molecule has 0 rings (SSSR count). The van der Waals surface area contributed by atoms with E-state index in [1.165, 1.54) is 128 Å². The summed E-state index contributed by atoms with van der Waals surface area (Å²) in [6.45, 7) is 6.37. The molecule has 3 amide bonds. The Kier molecular flexibility index (Phi) is 35.4. The first-order valence-corrected chi connectivity index (χ1v) is 18.1. The lowest BCUT2D eigenvalue weighted by Gasteiger charge is -2.29. The molecule has 0 aromatic carbocycles. The van der Waals surface area contributed by atoms with E-state index in [0.29, 0.717) is 26.1 Å². The van der Waals surface area contributed by atoms with Crippen molar-refractivity contribution in [2.75, 3.05) is 19.6 Å². The number of rotatable bonds is 32. The lowest BCUT2D eigenvalue weighted by atomic mass is 10.0. The first kappa shape index (κ1) is 43.1. The summed E-state index contributed by atoms with van der Waals surface area (Å²) in [4.78, 5) is 27.1. The average molecular weight is 617 g/mol. The second kappa shape index (κ2) is 34.5. The summed E-state index contributed by atoms with van der Waals surface area (Å²) in [5.41, 5.74) is 11.5. The van der Waals surface area contributed by atoms with Gasteiger partial charge < -0.3 is 21.7 Å². The van der Waals surface area contributed by atoms with Crippen molar-refractivity contribution >= 4 is 24.3 Å². The summed E-state index contributed by atoms with van der Waals surface area (Å²) in [6.07, 6.45) is 33.2. The minimum atomic E-state index is -0.482. The Bertz CT molecular complexity index is 579. The molecule has 0 aliphatic heterocycles. The van der Waals surface area contributed by atoms with Crippen LogP contribution in [-0.4, -0.2) is 42.5 Å². The number of primary amides is 1. The number of hydrogen-bond acceptors (Lipinski definition) is 3. The number of amides is 3. The monoisotopic (exact) mass is 617 g/mol. The van der Waals surface area contributed by atoms with Gasteiger partial charge in [-0.1, -0.05) is 155 Å². The van der Waals surface area contributed by atoms with Crippen LogP contribution in [0.3, 0.4) is 0 Å². The number of nitrogens with two attached hydrogens (primary N) is 2. The second-order valence-electron chi connectivity index (χ2n) is 12.4. The summed E-state index contributed by atoms with van der Waals surface area (Å²) in [5.74, 6) is -0.0536. The van der Waals surface area contributed by atoms with E-state index in [1.807, 2.05) is 0 Å². The van der Waals surface area contributed by atoms with Crippen LogP contribution in [0.1, 0.15) is 187 Å². The number of hydrogen-bond donors (Lipinski definition) is 3. The van der Waals surface area contributed by atoms with Crippen molar-refractivity contribution in [2.45, 2.75) is 193 Å². The minimum Gasteiger partial charge on any atom is -0.354 e. The second-order valence-corrected chi connectivity index (χ2v) is 12.4. The van der Waals surface area contributed by atoms with Gasteiger partial charge in [-0.3, -0.25) is 4.79 Å². The highest BCUT2D eigenvalue weighted by Crippen LogP contribution is 2.15. The van der Waals surface area contributed by atoms with Gasteiger partial charge in [-0.05, 0) is 38.6 Å². The zero-order chi connectivity index (χ0) is 30.2. The van der Waals surface area contributed by atoms with Gasteiger partial charge in [-0.25, -0.2) is 4.79 Å². The van der Waals surface area contributed by atoms with E-state index in [0.717, 1.165) is 38.5 Å². The first-order valence-electron chi connectivity index (χ1n) is 18.1. The molecule has 0 aromatic rings. The van der Waals surface area contributed by atoms with E-state index in [1.54, 1.807) is 4.90 Å². The largest absolute Gasteiger partial charge is 0.354 e. The molecular weight excluding hydrogens is 544 g/mol. The van der Waals surface area contributed by atoms with Gasteiger partial charge >= 0.3 is 6.03 Å². The van der Waals surface area contributed by atoms with Crippen LogP contribution in [-0.2, 0) is 4.79 Å². The molecule has 0 radical (unpaired) electrons. The molecule has 0 fully saturated rings. The number of nitrogens with one attached hydrogen (secondary N) is 1. The van der Waals surface area contributed by atoms with Crippen molar-refractivity contribution in [1.82, 2.24) is 10.2 Å². The number of urea groups is 1. The fraction of sp³-hybridized carbons (Fsp3) is 0.943. The zero-order valence-corrected chi connectivity index (χ0v) is 28.9. The number of halogens is 1. The molecule has 6 nitrogen and oxygen atoms in total. The van der Waals surface area contributed by atoms with E-state index in [2.05, 4.69) is 19.2 Å². The zero-order valence-electron chi connectivity index (χ0n) is 28.1. The third-order valence-corrected chi connectivity index (χ3v) is 8.48. The Labute approximate surface area is 268 Å². The summed E-state index contributed by atoms with van der Waals surface area (Å²) < 4.78 is 0. The van der Waals surface area contributed by atoms with E-state index < -0.39 is 12.1 Å².